The second-order valence-electron chi connectivity index (χ2n) is 3.68. The molecular weight excluding hydrogens is 162 g/mol. The minimum absolute atomic E-state index is 0.0483. The van der Waals surface area contributed by atoms with E-state index in [0.29, 0.717) is 6.54 Å². The van der Waals surface area contributed by atoms with Crippen molar-refractivity contribution in [1.82, 2.24) is 5.32 Å². The smallest absolute Gasteiger partial charge is 0.244 e. The Labute approximate surface area is 79.7 Å². The highest BCUT2D eigenvalue weighted by atomic mass is 16.1. The molecule has 0 atom stereocenters. The molecule has 0 aromatic heterocycles. The van der Waals surface area contributed by atoms with Gasteiger partial charge in [0.15, 0.2) is 0 Å². The fourth-order valence-corrected chi connectivity index (χ4v) is 1.12. The molecule has 2 nitrogen and oxygen atoms in total. The minimum Gasteiger partial charge on any atom is -0.349 e. The first kappa shape index (κ1) is 10.0. The number of carbonyl (C=O) groups excluding carboxylic acids is 1. The lowest BCUT2D eigenvalue weighted by Crippen LogP contribution is -2.22. The van der Waals surface area contributed by atoms with Crippen molar-refractivity contribution in [3.8, 4) is 0 Å². The number of carbonyl (C=O) groups is 1. The van der Waals surface area contributed by atoms with E-state index in [1.54, 1.807) is 6.08 Å². The second-order valence-corrected chi connectivity index (χ2v) is 3.68. The van der Waals surface area contributed by atoms with Gasteiger partial charge in [0.25, 0.3) is 0 Å². The number of hydrogen-bond acceptors (Lipinski definition) is 1. The Morgan fingerprint density at radius 3 is 2.62 bits per heavy atom. The van der Waals surface area contributed by atoms with Crippen LogP contribution in [0.3, 0.4) is 0 Å². The average Bonchev–Trinajstić information content (AvgIpc) is 1.96. The van der Waals surface area contributed by atoms with E-state index in [1.165, 1.54) is 17.6 Å². The largest absolute Gasteiger partial charge is 0.349 e. The first-order valence-corrected chi connectivity index (χ1v) is 4.79. The second kappa shape index (κ2) is 4.85. The van der Waals surface area contributed by atoms with Gasteiger partial charge in [-0.25, -0.2) is 0 Å². The summed E-state index contributed by atoms with van der Waals surface area (Å²) in [4.78, 5) is 11.2. The zero-order valence-corrected chi connectivity index (χ0v) is 8.39. The molecule has 0 unspecified atom stereocenters. The summed E-state index contributed by atoms with van der Waals surface area (Å²) in [6, 6.07) is 0. The molecule has 2 heteroatoms. The molecule has 0 bridgehead atoms. The normalized spacial score (nSPS) is 14.5. The van der Waals surface area contributed by atoms with Crippen LogP contribution in [0.25, 0.3) is 0 Å². The van der Waals surface area contributed by atoms with Crippen LogP contribution in [0.15, 0.2) is 23.3 Å². The molecule has 1 amide bonds. The topological polar surface area (TPSA) is 29.1 Å². The van der Waals surface area contributed by atoms with Gasteiger partial charge in [0.05, 0.1) is 0 Å². The molecule has 0 aromatic rings. The number of amides is 1. The van der Waals surface area contributed by atoms with Crippen LogP contribution in [0, 0.1) is 0 Å². The van der Waals surface area contributed by atoms with Crippen molar-refractivity contribution < 1.29 is 4.79 Å². The Hall–Kier alpha value is -1.05. The first-order valence-electron chi connectivity index (χ1n) is 4.79. The summed E-state index contributed by atoms with van der Waals surface area (Å²) in [6.07, 6.45) is 7.21. The molecule has 1 aliphatic carbocycles. The molecule has 0 aromatic carbocycles. The number of hydrogen-bond donors (Lipinski definition) is 1. The van der Waals surface area contributed by atoms with Gasteiger partial charge in [-0.05, 0) is 33.1 Å². The molecule has 1 saturated carbocycles. The summed E-state index contributed by atoms with van der Waals surface area (Å²) >= 11 is 0. The number of allylic oxidation sites excluding steroid dienone is 2. The standard InChI is InChI=1S/C11H17NO/c1-9(2)6-7-12-11(13)8-10-4-3-5-10/h6,8H,3-5,7H2,1-2H3,(H,12,13). The van der Waals surface area contributed by atoms with Crippen LogP contribution in [-0.4, -0.2) is 12.5 Å². The molecule has 0 spiro atoms. The number of nitrogens with one attached hydrogen (secondary N) is 1. The summed E-state index contributed by atoms with van der Waals surface area (Å²) < 4.78 is 0. The third-order valence-electron chi connectivity index (χ3n) is 2.12. The Morgan fingerprint density at radius 2 is 2.15 bits per heavy atom. The third-order valence-corrected chi connectivity index (χ3v) is 2.12. The molecule has 0 aliphatic heterocycles. The van der Waals surface area contributed by atoms with Crippen LogP contribution in [0.1, 0.15) is 33.1 Å². The van der Waals surface area contributed by atoms with Gasteiger partial charge in [-0.1, -0.05) is 17.2 Å². The van der Waals surface area contributed by atoms with E-state index in [-0.39, 0.29) is 5.91 Å². The van der Waals surface area contributed by atoms with Gasteiger partial charge in [0.1, 0.15) is 0 Å². The van der Waals surface area contributed by atoms with Crippen LogP contribution in [0.5, 0.6) is 0 Å². The SMILES string of the molecule is CC(C)=CCNC(=O)C=C1CCC1. The molecule has 0 heterocycles. The van der Waals surface area contributed by atoms with Gasteiger partial charge in [0.2, 0.25) is 5.91 Å². The van der Waals surface area contributed by atoms with Crippen LogP contribution in [-0.2, 0) is 4.79 Å². The molecule has 72 valence electrons. The van der Waals surface area contributed by atoms with E-state index in [9.17, 15) is 4.79 Å². The summed E-state index contributed by atoms with van der Waals surface area (Å²) in [7, 11) is 0. The lowest BCUT2D eigenvalue weighted by molar-refractivity contribution is -0.116. The van der Waals surface area contributed by atoms with E-state index < -0.39 is 0 Å². The van der Waals surface area contributed by atoms with Crippen LogP contribution >= 0.6 is 0 Å². The van der Waals surface area contributed by atoms with Crippen molar-refractivity contribution in [2.24, 2.45) is 0 Å². The van der Waals surface area contributed by atoms with E-state index in [4.69, 9.17) is 0 Å². The fourth-order valence-electron chi connectivity index (χ4n) is 1.12. The molecule has 1 rings (SSSR count). The maximum Gasteiger partial charge on any atom is 0.244 e. The Kier molecular flexibility index (Phi) is 3.74. The highest BCUT2D eigenvalue weighted by molar-refractivity contribution is 5.88. The van der Waals surface area contributed by atoms with Gasteiger partial charge >= 0.3 is 0 Å². The van der Waals surface area contributed by atoms with Gasteiger partial charge in [-0.2, -0.15) is 0 Å². The Balaban J connectivity index is 2.21. The maximum atomic E-state index is 11.2. The highest BCUT2D eigenvalue weighted by Crippen LogP contribution is 2.24. The van der Waals surface area contributed by atoms with Crippen molar-refractivity contribution in [3.05, 3.63) is 23.3 Å². The zero-order valence-electron chi connectivity index (χ0n) is 8.39. The van der Waals surface area contributed by atoms with E-state index >= 15 is 0 Å². The molecule has 1 fully saturated rings. The molecule has 1 N–H and O–H groups in total. The number of rotatable bonds is 3. The average molecular weight is 179 g/mol. The zero-order chi connectivity index (χ0) is 9.68. The van der Waals surface area contributed by atoms with Gasteiger partial charge in [-0.15, -0.1) is 0 Å². The quantitative estimate of drug-likeness (QED) is 0.522. The van der Waals surface area contributed by atoms with Crippen molar-refractivity contribution in [2.45, 2.75) is 33.1 Å². The molecule has 13 heavy (non-hydrogen) atoms. The molecule has 0 radical (unpaired) electrons. The van der Waals surface area contributed by atoms with Crippen molar-refractivity contribution in [3.63, 3.8) is 0 Å². The summed E-state index contributed by atoms with van der Waals surface area (Å²) in [5.41, 5.74) is 2.52. The lowest BCUT2D eigenvalue weighted by atomic mass is 9.92. The predicted octanol–water partition coefficient (Wildman–Crippen LogP) is 2.18. The molecular formula is C11H17NO. The molecule has 0 saturated heterocycles. The van der Waals surface area contributed by atoms with E-state index in [1.807, 2.05) is 19.9 Å². The summed E-state index contributed by atoms with van der Waals surface area (Å²) in [5.74, 6) is 0.0483. The van der Waals surface area contributed by atoms with E-state index in [2.05, 4.69) is 5.32 Å². The van der Waals surface area contributed by atoms with Gasteiger partial charge in [0, 0.05) is 12.6 Å². The van der Waals surface area contributed by atoms with Crippen molar-refractivity contribution in [1.29, 1.82) is 0 Å². The predicted molar refractivity (Wildman–Crippen MR) is 54.4 cm³/mol. The highest BCUT2D eigenvalue weighted by Gasteiger charge is 2.09. The van der Waals surface area contributed by atoms with Crippen LogP contribution in [0.2, 0.25) is 0 Å². The summed E-state index contributed by atoms with van der Waals surface area (Å²) in [5, 5.41) is 2.82. The molecule has 1 aliphatic rings. The summed E-state index contributed by atoms with van der Waals surface area (Å²) in [6.45, 7) is 4.69. The van der Waals surface area contributed by atoms with Crippen LogP contribution in [0.4, 0.5) is 0 Å². The minimum atomic E-state index is 0.0483. The van der Waals surface area contributed by atoms with Crippen molar-refractivity contribution >= 4 is 5.91 Å². The van der Waals surface area contributed by atoms with Crippen LogP contribution < -0.4 is 5.32 Å². The monoisotopic (exact) mass is 179 g/mol. The van der Waals surface area contributed by atoms with E-state index in [0.717, 1.165) is 12.8 Å². The third kappa shape index (κ3) is 3.92. The Bertz CT molecular complexity index is 241. The van der Waals surface area contributed by atoms with Crippen molar-refractivity contribution in [2.75, 3.05) is 6.54 Å². The lowest BCUT2D eigenvalue weighted by Gasteiger charge is -2.15. The first-order chi connectivity index (χ1) is 6.18. The van der Waals surface area contributed by atoms with Gasteiger partial charge in [-0.3, -0.25) is 4.79 Å². The fraction of sp³-hybridized carbons (Fsp3) is 0.545. The Morgan fingerprint density at radius 1 is 1.46 bits per heavy atom. The van der Waals surface area contributed by atoms with Gasteiger partial charge < -0.3 is 5.32 Å². The maximum absolute atomic E-state index is 11.2.